The van der Waals surface area contributed by atoms with Crippen LogP contribution in [0.25, 0.3) is 0 Å². The van der Waals surface area contributed by atoms with Gasteiger partial charge in [-0.2, -0.15) is 0 Å². The van der Waals surface area contributed by atoms with E-state index in [0.29, 0.717) is 30.5 Å². The van der Waals surface area contributed by atoms with Gasteiger partial charge in [0, 0.05) is 19.5 Å². The molecule has 5 heteroatoms. The summed E-state index contributed by atoms with van der Waals surface area (Å²) in [4.78, 5) is 36.8. The molecule has 0 saturated carbocycles. The van der Waals surface area contributed by atoms with Crippen molar-refractivity contribution in [3.63, 3.8) is 0 Å². The van der Waals surface area contributed by atoms with Gasteiger partial charge in [0.25, 0.3) is 11.8 Å². The molecule has 0 bridgehead atoms. The van der Waals surface area contributed by atoms with Crippen LogP contribution >= 0.6 is 0 Å². The van der Waals surface area contributed by atoms with E-state index in [4.69, 9.17) is 0 Å². The fourth-order valence-corrected chi connectivity index (χ4v) is 2.19. The molecule has 1 aliphatic heterocycles. The Morgan fingerprint density at radius 2 is 1.75 bits per heavy atom. The summed E-state index contributed by atoms with van der Waals surface area (Å²) in [5.74, 6) is -0.567. The number of nitrogens with zero attached hydrogens (tertiary/aromatic N) is 1. The number of hydrogen-bond donors (Lipinski definition) is 1. The van der Waals surface area contributed by atoms with Crippen LogP contribution in [0.4, 0.5) is 0 Å². The van der Waals surface area contributed by atoms with Gasteiger partial charge in [-0.3, -0.25) is 19.3 Å². The summed E-state index contributed by atoms with van der Waals surface area (Å²) in [5.41, 5.74) is 0.904. The van der Waals surface area contributed by atoms with Crippen molar-refractivity contribution in [2.24, 2.45) is 0 Å². The molecule has 1 aromatic rings. The molecule has 1 aromatic carbocycles. The van der Waals surface area contributed by atoms with Gasteiger partial charge < -0.3 is 5.32 Å². The molecule has 1 heterocycles. The van der Waals surface area contributed by atoms with Gasteiger partial charge in [-0.25, -0.2) is 0 Å². The lowest BCUT2D eigenvalue weighted by atomic mass is 10.1. The van der Waals surface area contributed by atoms with Crippen molar-refractivity contribution in [1.29, 1.82) is 0 Å². The fraction of sp³-hybridized carbons (Fsp3) is 0.400. The zero-order valence-electron chi connectivity index (χ0n) is 11.5. The summed E-state index contributed by atoms with van der Waals surface area (Å²) >= 11 is 0. The molecule has 0 fully saturated rings. The summed E-state index contributed by atoms with van der Waals surface area (Å²) in [6.07, 6.45) is 1.71. The summed E-state index contributed by atoms with van der Waals surface area (Å²) in [6, 6.07) is 6.80. The van der Waals surface area contributed by atoms with Crippen molar-refractivity contribution in [3.05, 3.63) is 35.4 Å². The molecule has 5 nitrogen and oxygen atoms in total. The van der Waals surface area contributed by atoms with Crippen molar-refractivity contribution in [1.82, 2.24) is 10.2 Å². The molecule has 2 rings (SSSR count). The van der Waals surface area contributed by atoms with Gasteiger partial charge in [0.05, 0.1) is 11.1 Å². The number of hydrogen-bond acceptors (Lipinski definition) is 3. The van der Waals surface area contributed by atoms with Gasteiger partial charge in [-0.05, 0) is 25.0 Å². The third-order valence-electron chi connectivity index (χ3n) is 3.24. The highest BCUT2D eigenvalue weighted by atomic mass is 16.2. The van der Waals surface area contributed by atoms with E-state index in [2.05, 4.69) is 5.32 Å². The van der Waals surface area contributed by atoms with E-state index >= 15 is 0 Å². The molecule has 0 aromatic heterocycles. The SMILES string of the molecule is CCCNC(=O)CCCN1C(=O)c2ccccc2C1=O. The van der Waals surface area contributed by atoms with Crippen LogP contribution in [-0.4, -0.2) is 35.7 Å². The van der Waals surface area contributed by atoms with E-state index in [9.17, 15) is 14.4 Å². The van der Waals surface area contributed by atoms with Crippen molar-refractivity contribution in [2.75, 3.05) is 13.1 Å². The normalized spacial score (nSPS) is 13.6. The minimum Gasteiger partial charge on any atom is -0.356 e. The first kappa shape index (κ1) is 14.2. The molecule has 1 N–H and O–H groups in total. The molecule has 0 saturated heterocycles. The first-order valence-corrected chi connectivity index (χ1v) is 6.87. The predicted molar refractivity (Wildman–Crippen MR) is 74.3 cm³/mol. The maximum atomic E-state index is 12.1. The summed E-state index contributed by atoms with van der Waals surface area (Å²) in [6.45, 7) is 2.93. The Hall–Kier alpha value is -2.17. The molecule has 0 aliphatic carbocycles. The number of nitrogens with one attached hydrogen (secondary N) is 1. The van der Waals surface area contributed by atoms with E-state index in [1.165, 1.54) is 4.90 Å². The largest absolute Gasteiger partial charge is 0.356 e. The van der Waals surface area contributed by atoms with Crippen LogP contribution in [0, 0.1) is 0 Å². The average molecular weight is 274 g/mol. The van der Waals surface area contributed by atoms with Crippen LogP contribution < -0.4 is 5.32 Å². The molecular weight excluding hydrogens is 256 g/mol. The van der Waals surface area contributed by atoms with E-state index < -0.39 is 0 Å². The number of carbonyl (C=O) groups excluding carboxylic acids is 3. The molecule has 0 spiro atoms. The van der Waals surface area contributed by atoms with E-state index in [1.807, 2.05) is 6.92 Å². The maximum Gasteiger partial charge on any atom is 0.261 e. The Balaban J connectivity index is 1.88. The molecule has 106 valence electrons. The second-order valence-electron chi connectivity index (χ2n) is 4.76. The lowest BCUT2D eigenvalue weighted by Gasteiger charge is -2.13. The summed E-state index contributed by atoms with van der Waals surface area (Å²) in [5, 5.41) is 2.77. The first-order valence-electron chi connectivity index (χ1n) is 6.87. The van der Waals surface area contributed by atoms with Crippen LogP contribution in [-0.2, 0) is 4.79 Å². The highest BCUT2D eigenvalue weighted by molar-refractivity contribution is 6.21. The Morgan fingerprint density at radius 1 is 1.15 bits per heavy atom. The molecule has 3 amide bonds. The Labute approximate surface area is 118 Å². The zero-order valence-corrected chi connectivity index (χ0v) is 11.5. The molecule has 20 heavy (non-hydrogen) atoms. The minimum absolute atomic E-state index is 0.0385. The van der Waals surface area contributed by atoms with Crippen LogP contribution in [0.5, 0.6) is 0 Å². The van der Waals surface area contributed by atoms with Crippen LogP contribution in [0.15, 0.2) is 24.3 Å². The topological polar surface area (TPSA) is 66.5 Å². The van der Waals surface area contributed by atoms with Crippen molar-refractivity contribution in [3.8, 4) is 0 Å². The van der Waals surface area contributed by atoms with Crippen LogP contribution in [0.3, 0.4) is 0 Å². The van der Waals surface area contributed by atoms with E-state index in [0.717, 1.165) is 6.42 Å². The minimum atomic E-state index is -0.264. The molecule has 1 aliphatic rings. The fourth-order valence-electron chi connectivity index (χ4n) is 2.19. The first-order chi connectivity index (χ1) is 9.65. The van der Waals surface area contributed by atoms with Gasteiger partial charge in [-0.15, -0.1) is 0 Å². The van der Waals surface area contributed by atoms with Gasteiger partial charge >= 0.3 is 0 Å². The Morgan fingerprint density at radius 3 is 2.30 bits per heavy atom. The van der Waals surface area contributed by atoms with Gasteiger partial charge in [0.15, 0.2) is 0 Å². The van der Waals surface area contributed by atoms with E-state index in [-0.39, 0.29) is 24.3 Å². The number of rotatable bonds is 6. The van der Waals surface area contributed by atoms with Crippen molar-refractivity contribution >= 4 is 17.7 Å². The average Bonchev–Trinajstić information content (AvgIpc) is 2.70. The Kier molecular flexibility index (Phi) is 4.50. The molecule has 0 radical (unpaired) electrons. The quantitative estimate of drug-likeness (QED) is 0.801. The zero-order chi connectivity index (χ0) is 14.5. The highest BCUT2D eigenvalue weighted by Crippen LogP contribution is 2.22. The van der Waals surface area contributed by atoms with Gasteiger partial charge in [0.1, 0.15) is 0 Å². The van der Waals surface area contributed by atoms with Crippen molar-refractivity contribution in [2.45, 2.75) is 26.2 Å². The van der Waals surface area contributed by atoms with Gasteiger partial charge in [0.2, 0.25) is 5.91 Å². The molecular formula is C15H18N2O3. The Bertz CT molecular complexity index is 505. The van der Waals surface area contributed by atoms with Crippen molar-refractivity contribution < 1.29 is 14.4 Å². The summed E-state index contributed by atoms with van der Waals surface area (Å²) in [7, 11) is 0. The molecule has 0 unspecified atom stereocenters. The third kappa shape index (κ3) is 2.87. The monoisotopic (exact) mass is 274 g/mol. The second-order valence-corrected chi connectivity index (χ2v) is 4.76. The van der Waals surface area contributed by atoms with Crippen LogP contribution in [0.1, 0.15) is 46.9 Å². The predicted octanol–water partition coefficient (Wildman–Crippen LogP) is 1.59. The molecule has 0 atom stereocenters. The lowest BCUT2D eigenvalue weighted by molar-refractivity contribution is -0.121. The number of imide groups is 1. The second kappa shape index (κ2) is 6.32. The standard InChI is InChI=1S/C15H18N2O3/c1-2-9-16-13(18)8-5-10-17-14(19)11-6-3-4-7-12(11)15(17)20/h3-4,6-7H,2,5,8-10H2,1H3,(H,16,18). The smallest absolute Gasteiger partial charge is 0.261 e. The third-order valence-corrected chi connectivity index (χ3v) is 3.24. The van der Waals surface area contributed by atoms with Crippen LogP contribution in [0.2, 0.25) is 0 Å². The highest BCUT2D eigenvalue weighted by Gasteiger charge is 2.34. The summed E-state index contributed by atoms with van der Waals surface area (Å²) < 4.78 is 0. The van der Waals surface area contributed by atoms with E-state index in [1.54, 1.807) is 24.3 Å². The number of fused-ring (bicyclic) bond motifs is 1. The lowest BCUT2D eigenvalue weighted by Crippen LogP contribution is -2.32. The number of benzene rings is 1. The maximum absolute atomic E-state index is 12.1. The number of carbonyl (C=O) groups is 3. The number of amides is 3. The van der Waals surface area contributed by atoms with Gasteiger partial charge in [-0.1, -0.05) is 19.1 Å².